The molecule has 0 radical (unpaired) electrons. The fraction of sp³-hybridized carbons (Fsp3) is 0.562. The Labute approximate surface area is 211 Å². The molecule has 1 rings (SSSR count). The maximum atomic E-state index is 13.0. The third kappa shape index (κ3) is 6.49. The highest BCUT2D eigenvalue weighted by molar-refractivity contribution is 8.12. The summed E-state index contributed by atoms with van der Waals surface area (Å²) < 4.78 is 233. The molecule has 23 heteroatoms. The number of halogens is 17. The van der Waals surface area contributed by atoms with Crippen LogP contribution < -0.4 is 11.1 Å². The summed E-state index contributed by atoms with van der Waals surface area (Å²) in [5, 5.41) is -1.67. The van der Waals surface area contributed by atoms with Gasteiger partial charge in [0.15, 0.2) is 0 Å². The molecule has 0 bridgehead atoms. The molecule has 1 atom stereocenters. The van der Waals surface area contributed by atoms with Crippen LogP contribution in [0.1, 0.15) is 5.56 Å². The highest BCUT2D eigenvalue weighted by Gasteiger charge is 2.95. The molecule has 0 aliphatic heterocycles. The van der Waals surface area contributed by atoms with Gasteiger partial charge in [0.2, 0.25) is 0 Å². The van der Waals surface area contributed by atoms with E-state index in [2.05, 4.69) is 12.1 Å². The zero-order valence-corrected chi connectivity index (χ0v) is 19.4. The molecule has 1 unspecified atom stereocenters. The average Bonchev–Trinajstić information content (AvgIpc) is 2.77. The molecule has 0 aliphatic rings. The second-order valence-electron chi connectivity index (χ2n) is 6.87. The Kier molecular flexibility index (Phi) is 10.8. The fourth-order valence-electron chi connectivity index (χ4n) is 2.00. The van der Waals surface area contributed by atoms with Crippen LogP contribution >= 0.6 is 11.8 Å². The predicted octanol–water partition coefficient (Wildman–Crippen LogP) is 4.83. The number of benzene rings is 1. The van der Waals surface area contributed by atoms with E-state index in [9.17, 15) is 83.4 Å². The fourth-order valence-corrected chi connectivity index (χ4v) is 2.86. The molecule has 0 amide bonds. The number of nitrogens with two attached hydrogens (primary N) is 2. The van der Waals surface area contributed by atoms with E-state index >= 15 is 0 Å². The van der Waals surface area contributed by atoms with E-state index in [0.717, 1.165) is 5.75 Å². The van der Waals surface area contributed by atoms with Crippen molar-refractivity contribution in [3.05, 3.63) is 35.9 Å². The lowest BCUT2D eigenvalue weighted by Crippen LogP contribution is -2.74. The number of hydrogen-bond acceptors (Lipinski definition) is 3. The number of thioether (sulfide) groups is 1. The quantitative estimate of drug-likeness (QED) is 0.174. The summed E-state index contributed by atoms with van der Waals surface area (Å²) in [6.07, 6.45) is -7.84. The van der Waals surface area contributed by atoms with E-state index < -0.39 is 58.0 Å². The van der Waals surface area contributed by atoms with E-state index in [1.807, 2.05) is 18.2 Å². The van der Waals surface area contributed by atoms with Crippen molar-refractivity contribution in [3.8, 4) is 0 Å². The molecule has 0 aliphatic carbocycles. The molecular formula is C16H11F17N2O2S2. The molecular weight excluding hydrogens is 639 g/mol. The minimum absolute atomic E-state index is 0.425. The summed E-state index contributed by atoms with van der Waals surface area (Å²) in [5.41, 5.74) is 6.54. The standard InChI is InChI=1S/C8HF17O2S.C8H10N2S/c9-1(10,3(13,14)5(17,18)7(21,22)23)2(11,12)4(15,16)6(19,20)8(24,25)28(26)27;9-8(10)11-6-7-4-2-1-3-5-7/h(H,26,27);1-5H,6H2,(H3,9,10). The number of amidine groups is 1. The first-order valence-electron chi connectivity index (χ1n) is 8.83. The van der Waals surface area contributed by atoms with Crippen molar-refractivity contribution < 1.29 is 88.8 Å². The number of rotatable bonds is 9. The van der Waals surface area contributed by atoms with Gasteiger partial charge in [0.25, 0.3) is 5.17 Å². The number of hydrogen-bond donors (Lipinski definition) is 2. The lowest BCUT2D eigenvalue weighted by molar-refractivity contribution is -0.458. The van der Waals surface area contributed by atoms with Crippen LogP contribution in [0, 0.1) is 0 Å². The third-order valence-corrected chi connectivity index (χ3v) is 5.64. The van der Waals surface area contributed by atoms with Crippen LogP contribution in [0.25, 0.3) is 0 Å². The molecule has 0 fully saturated rings. The molecule has 39 heavy (non-hydrogen) atoms. The van der Waals surface area contributed by atoms with Crippen molar-refractivity contribution in [2.24, 2.45) is 5.73 Å². The Morgan fingerprint density at radius 3 is 1.33 bits per heavy atom. The van der Waals surface area contributed by atoms with Gasteiger partial charge in [-0.3, -0.25) is 15.4 Å². The third-order valence-electron chi connectivity index (χ3n) is 4.15. The Balaban J connectivity index is 0.00000108. The van der Waals surface area contributed by atoms with Crippen LogP contribution in [0.3, 0.4) is 0 Å². The van der Waals surface area contributed by atoms with Gasteiger partial charge in [0.1, 0.15) is 0 Å². The first-order valence-corrected chi connectivity index (χ1v) is 10.9. The number of alkyl halides is 17. The molecule has 4 nitrogen and oxygen atoms in total. The molecule has 0 heterocycles. The average molecular weight is 650 g/mol. The second-order valence-corrected chi connectivity index (χ2v) is 8.90. The SMILES string of the molecule is NC(=[NH2+])SCc1ccccc1.O=S([O-])C(F)(F)C(F)(F)C(F)(F)C(F)(F)C(F)(F)C(F)(F)C(F)(F)C(F)(F)F. The van der Waals surface area contributed by atoms with Crippen LogP contribution in [0.15, 0.2) is 30.3 Å². The Bertz CT molecular complexity index is 1020. The zero-order chi connectivity index (χ0) is 31.7. The van der Waals surface area contributed by atoms with Gasteiger partial charge in [-0.2, -0.15) is 74.6 Å². The normalized spacial score (nSPS) is 15.3. The highest BCUT2D eigenvalue weighted by atomic mass is 32.2. The van der Waals surface area contributed by atoms with E-state index in [1.165, 1.54) is 17.3 Å². The van der Waals surface area contributed by atoms with Gasteiger partial charge in [0.05, 0.1) is 0 Å². The molecule has 4 N–H and O–H groups in total. The molecule has 0 saturated heterocycles. The van der Waals surface area contributed by atoms with Gasteiger partial charge in [0, 0.05) is 16.8 Å². The van der Waals surface area contributed by atoms with Gasteiger partial charge in [-0.15, -0.1) is 0 Å². The van der Waals surface area contributed by atoms with E-state index in [1.54, 1.807) is 0 Å². The summed E-state index contributed by atoms with van der Waals surface area (Å²) >= 11 is -4.36. The first kappa shape index (κ1) is 37.0. The van der Waals surface area contributed by atoms with Crippen LogP contribution in [0.2, 0.25) is 0 Å². The molecule has 0 spiro atoms. The van der Waals surface area contributed by atoms with Crippen LogP contribution in [-0.2, 0) is 16.8 Å². The summed E-state index contributed by atoms with van der Waals surface area (Å²) in [6, 6.07) is 10.1. The van der Waals surface area contributed by atoms with Crippen LogP contribution in [-0.4, -0.2) is 60.9 Å². The maximum absolute atomic E-state index is 13.0. The van der Waals surface area contributed by atoms with E-state index in [4.69, 9.17) is 11.1 Å². The Morgan fingerprint density at radius 1 is 0.692 bits per heavy atom. The van der Waals surface area contributed by atoms with Crippen molar-refractivity contribution in [2.75, 3.05) is 0 Å². The van der Waals surface area contributed by atoms with E-state index in [-0.39, 0.29) is 0 Å². The molecule has 228 valence electrons. The Morgan fingerprint density at radius 2 is 1.03 bits per heavy atom. The second kappa shape index (κ2) is 11.4. The summed E-state index contributed by atoms with van der Waals surface area (Å²) in [6.45, 7) is 0. The molecule has 1 aromatic rings. The van der Waals surface area contributed by atoms with Crippen LogP contribution in [0.4, 0.5) is 74.6 Å². The van der Waals surface area contributed by atoms with Crippen molar-refractivity contribution in [3.63, 3.8) is 0 Å². The molecule has 0 saturated carbocycles. The smallest absolute Gasteiger partial charge is 0.460 e. The summed E-state index contributed by atoms with van der Waals surface area (Å²) in [4.78, 5) is 0. The van der Waals surface area contributed by atoms with Gasteiger partial charge >= 0.3 is 47.0 Å². The lowest BCUT2D eigenvalue weighted by atomic mass is 9.91. The van der Waals surface area contributed by atoms with E-state index in [0.29, 0.717) is 5.17 Å². The minimum atomic E-state index is -8.77. The van der Waals surface area contributed by atoms with Crippen molar-refractivity contribution in [2.45, 2.75) is 52.7 Å². The zero-order valence-electron chi connectivity index (χ0n) is 17.8. The lowest BCUT2D eigenvalue weighted by Gasteiger charge is -2.42. The van der Waals surface area contributed by atoms with Gasteiger partial charge < -0.3 is 4.55 Å². The highest BCUT2D eigenvalue weighted by Crippen LogP contribution is 2.64. The van der Waals surface area contributed by atoms with Gasteiger partial charge in [-0.05, 0) is 17.3 Å². The monoisotopic (exact) mass is 650 g/mol. The summed E-state index contributed by atoms with van der Waals surface area (Å²) in [7, 11) is 0. The Hall–Kier alpha value is -2.04. The van der Waals surface area contributed by atoms with Gasteiger partial charge in [-0.25, -0.2) is 0 Å². The largest absolute Gasteiger partial charge is 0.768 e. The van der Waals surface area contributed by atoms with Crippen molar-refractivity contribution in [1.82, 2.24) is 0 Å². The molecule has 1 aromatic carbocycles. The van der Waals surface area contributed by atoms with Crippen molar-refractivity contribution in [1.29, 1.82) is 0 Å². The minimum Gasteiger partial charge on any atom is -0.768 e. The first-order chi connectivity index (χ1) is 17.0. The summed E-state index contributed by atoms with van der Waals surface area (Å²) in [5.74, 6) is -50.4. The topological polar surface area (TPSA) is 91.7 Å². The maximum Gasteiger partial charge on any atom is 0.460 e. The van der Waals surface area contributed by atoms with Gasteiger partial charge in [-0.1, -0.05) is 30.3 Å². The van der Waals surface area contributed by atoms with Crippen LogP contribution in [0.5, 0.6) is 0 Å². The molecule has 0 aromatic heterocycles. The van der Waals surface area contributed by atoms with Crippen molar-refractivity contribution >= 4 is 28.0 Å². The predicted molar refractivity (Wildman–Crippen MR) is 98.5 cm³/mol.